The standard InChI is InChI=1S/C19H19N3O2S/c1-12-6-7-17(24-12)19-21-15(11-25-19)10-22-9-14-5-3-2-4-13(14)8-16(22)18(20)23/h2-7,11,16H,8-10H2,1H3,(H2,20,23)/t16-/m1/s1. The molecule has 0 fully saturated rings. The number of hydrogen-bond acceptors (Lipinski definition) is 5. The van der Waals surface area contributed by atoms with Gasteiger partial charge in [0.2, 0.25) is 5.91 Å². The van der Waals surface area contributed by atoms with E-state index in [2.05, 4.69) is 22.0 Å². The fourth-order valence-electron chi connectivity index (χ4n) is 3.27. The van der Waals surface area contributed by atoms with Gasteiger partial charge in [0.1, 0.15) is 5.76 Å². The molecular weight excluding hydrogens is 334 g/mol. The molecule has 1 atom stereocenters. The number of aromatic nitrogens is 1. The molecule has 6 heteroatoms. The summed E-state index contributed by atoms with van der Waals surface area (Å²) in [5.41, 5.74) is 9.03. The van der Waals surface area contributed by atoms with Crippen molar-refractivity contribution in [3.8, 4) is 10.8 Å². The van der Waals surface area contributed by atoms with Gasteiger partial charge in [0.05, 0.1) is 11.7 Å². The van der Waals surface area contributed by atoms with Crippen molar-refractivity contribution in [2.24, 2.45) is 5.73 Å². The number of aryl methyl sites for hydroxylation is 1. The van der Waals surface area contributed by atoms with E-state index in [1.54, 1.807) is 11.3 Å². The van der Waals surface area contributed by atoms with E-state index in [1.807, 2.05) is 36.6 Å². The third-order valence-electron chi connectivity index (χ3n) is 4.54. The number of nitrogens with two attached hydrogens (primary N) is 1. The van der Waals surface area contributed by atoms with Crippen LogP contribution in [-0.4, -0.2) is 21.8 Å². The summed E-state index contributed by atoms with van der Waals surface area (Å²) in [6.45, 7) is 3.22. The number of fused-ring (bicyclic) bond motifs is 1. The van der Waals surface area contributed by atoms with Gasteiger partial charge in [-0.25, -0.2) is 4.98 Å². The monoisotopic (exact) mass is 353 g/mol. The Morgan fingerprint density at radius 1 is 1.32 bits per heavy atom. The van der Waals surface area contributed by atoms with Gasteiger partial charge >= 0.3 is 0 Å². The lowest BCUT2D eigenvalue weighted by Crippen LogP contribution is -2.48. The van der Waals surface area contributed by atoms with Crippen molar-refractivity contribution >= 4 is 17.2 Å². The predicted molar refractivity (Wildman–Crippen MR) is 96.9 cm³/mol. The molecule has 0 aliphatic carbocycles. The molecule has 0 radical (unpaired) electrons. The van der Waals surface area contributed by atoms with Gasteiger partial charge in [-0.2, -0.15) is 0 Å². The van der Waals surface area contributed by atoms with E-state index in [1.165, 1.54) is 11.1 Å². The molecule has 2 aromatic heterocycles. The molecule has 0 unspecified atom stereocenters. The molecule has 4 rings (SSSR count). The minimum atomic E-state index is -0.300. The van der Waals surface area contributed by atoms with Gasteiger partial charge in [0.15, 0.2) is 10.8 Å². The smallest absolute Gasteiger partial charge is 0.235 e. The van der Waals surface area contributed by atoms with Gasteiger partial charge in [-0.1, -0.05) is 24.3 Å². The van der Waals surface area contributed by atoms with E-state index in [0.29, 0.717) is 19.5 Å². The minimum Gasteiger partial charge on any atom is -0.459 e. The lowest BCUT2D eigenvalue weighted by Gasteiger charge is -2.34. The number of hydrogen-bond donors (Lipinski definition) is 1. The lowest BCUT2D eigenvalue weighted by molar-refractivity contribution is -0.124. The first kappa shape index (κ1) is 16.1. The zero-order valence-electron chi connectivity index (χ0n) is 13.9. The lowest BCUT2D eigenvalue weighted by atomic mass is 9.93. The fourth-order valence-corrected chi connectivity index (χ4v) is 4.04. The van der Waals surface area contributed by atoms with Crippen molar-refractivity contribution in [2.45, 2.75) is 32.5 Å². The summed E-state index contributed by atoms with van der Waals surface area (Å²) < 4.78 is 5.64. The first-order chi connectivity index (χ1) is 12.1. The molecule has 5 nitrogen and oxygen atoms in total. The normalized spacial score (nSPS) is 17.4. The first-order valence-corrected chi connectivity index (χ1v) is 9.09. The second-order valence-corrected chi connectivity index (χ2v) is 7.21. The number of benzene rings is 1. The van der Waals surface area contributed by atoms with E-state index in [-0.39, 0.29) is 11.9 Å². The number of carbonyl (C=O) groups is 1. The molecule has 128 valence electrons. The maximum absolute atomic E-state index is 11.9. The number of nitrogens with zero attached hydrogens (tertiary/aromatic N) is 2. The highest BCUT2D eigenvalue weighted by molar-refractivity contribution is 7.13. The van der Waals surface area contributed by atoms with Crippen LogP contribution >= 0.6 is 11.3 Å². The second-order valence-electron chi connectivity index (χ2n) is 6.35. The quantitative estimate of drug-likeness (QED) is 0.782. The summed E-state index contributed by atoms with van der Waals surface area (Å²) in [6, 6.07) is 11.8. The van der Waals surface area contributed by atoms with E-state index in [4.69, 9.17) is 10.2 Å². The van der Waals surface area contributed by atoms with Crippen LogP contribution in [0.25, 0.3) is 10.8 Å². The minimum absolute atomic E-state index is 0.286. The number of primary amides is 1. The number of thiazole rings is 1. The fraction of sp³-hybridized carbons (Fsp3) is 0.263. The zero-order valence-corrected chi connectivity index (χ0v) is 14.8. The Kier molecular flexibility index (Phi) is 4.15. The molecule has 3 aromatic rings. The summed E-state index contributed by atoms with van der Waals surface area (Å²) in [6.07, 6.45) is 0.653. The van der Waals surface area contributed by atoms with Gasteiger partial charge in [-0.3, -0.25) is 9.69 Å². The van der Waals surface area contributed by atoms with Crippen LogP contribution in [0.15, 0.2) is 46.2 Å². The average molecular weight is 353 g/mol. The molecule has 2 N–H and O–H groups in total. The Bertz CT molecular complexity index is 915. The molecule has 1 aliphatic heterocycles. The van der Waals surface area contributed by atoms with E-state index >= 15 is 0 Å². The SMILES string of the molecule is Cc1ccc(-c2nc(CN3Cc4ccccc4C[C@@H]3C(N)=O)cs2)o1. The van der Waals surface area contributed by atoms with Crippen molar-refractivity contribution < 1.29 is 9.21 Å². The number of furan rings is 1. The molecule has 0 saturated carbocycles. The summed E-state index contributed by atoms with van der Waals surface area (Å²) in [7, 11) is 0. The molecule has 1 amide bonds. The maximum Gasteiger partial charge on any atom is 0.235 e. The highest BCUT2D eigenvalue weighted by Crippen LogP contribution is 2.28. The van der Waals surface area contributed by atoms with Gasteiger partial charge in [0, 0.05) is 18.5 Å². The number of rotatable bonds is 4. The number of amides is 1. The Hall–Kier alpha value is -2.44. The first-order valence-electron chi connectivity index (χ1n) is 8.21. The van der Waals surface area contributed by atoms with Crippen molar-refractivity contribution in [3.05, 3.63) is 64.4 Å². The third kappa shape index (κ3) is 3.23. The highest BCUT2D eigenvalue weighted by atomic mass is 32.1. The van der Waals surface area contributed by atoms with Crippen LogP contribution in [-0.2, 0) is 24.3 Å². The van der Waals surface area contributed by atoms with E-state index in [9.17, 15) is 4.79 Å². The molecule has 0 spiro atoms. The summed E-state index contributed by atoms with van der Waals surface area (Å²) >= 11 is 1.55. The second kappa shape index (κ2) is 6.46. The zero-order chi connectivity index (χ0) is 17.4. The van der Waals surface area contributed by atoms with Crippen LogP contribution in [0.5, 0.6) is 0 Å². The number of carbonyl (C=O) groups excluding carboxylic acids is 1. The molecule has 3 heterocycles. The summed E-state index contributed by atoms with van der Waals surface area (Å²) in [5.74, 6) is 1.36. The Balaban J connectivity index is 1.57. The molecular formula is C19H19N3O2S. The van der Waals surface area contributed by atoms with Gasteiger partial charge in [-0.15, -0.1) is 11.3 Å². The van der Waals surface area contributed by atoms with Crippen molar-refractivity contribution in [3.63, 3.8) is 0 Å². The molecule has 0 saturated heterocycles. The molecule has 1 aliphatic rings. The topological polar surface area (TPSA) is 72.4 Å². The van der Waals surface area contributed by atoms with Crippen LogP contribution in [0, 0.1) is 6.92 Å². The Morgan fingerprint density at radius 2 is 2.12 bits per heavy atom. The van der Waals surface area contributed by atoms with Gasteiger partial charge < -0.3 is 10.2 Å². The Labute approximate surface area is 150 Å². The third-order valence-corrected chi connectivity index (χ3v) is 5.45. The van der Waals surface area contributed by atoms with Crippen LogP contribution < -0.4 is 5.73 Å². The van der Waals surface area contributed by atoms with E-state index < -0.39 is 0 Å². The summed E-state index contributed by atoms with van der Waals surface area (Å²) in [5, 5.41) is 2.88. The van der Waals surface area contributed by atoms with Crippen LogP contribution in [0.2, 0.25) is 0 Å². The van der Waals surface area contributed by atoms with Gasteiger partial charge in [-0.05, 0) is 36.6 Å². The predicted octanol–water partition coefficient (Wildman–Crippen LogP) is 3.12. The van der Waals surface area contributed by atoms with Crippen molar-refractivity contribution in [1.29, 1.82) is 0 Å². The molecule has 1 aromatic carbocycles. The van der Waals surface area contributed by atoms with Gasteiger partial charge in [0.25, 0.3) is 0 Å². The van der Waals surface area contributed by atoms with Crippen LogP contribution in [0.3, 0.4) is 0 Å². The Morgan fingerprint density at radius 3 is 2.84 bits per heavy atom. The molecule has 0 bridgehead atoms. The van der Waals surface area contributed by atoms with E-state index in [0.717, 1.165) is 22.2 Å². The van der Waals surface area contributed by atoms with Crippen molar-refractivity contribution in [2.75, 3.05) is 0 Å². The van der Waals surface area contributed by atoms with Crippen LogP contribution in [0.1, 0.15) is 22.6 Å². The highest BCUT2D eigenvalue weighted by Gasteiger charge is 2.30. The molecule has 25 heavy (non-hydrogen) atoms. The average Bonchev–Trinajstić information content (AvgIpc) is 3.23. The summed E-state index contributed by atoms with van der Waals surface area (Å²) in [4.78, 5) is 18.7. The van der Waals surface area contributed by atoms with Crippen molar-refractivity contribution in [1.82, 2.24) is 9.88 Å². The maximum atomic E-state index is 11.9. The largest absolute Gasteiger partial charge is 0.459 e. The van der Waals surface area contributed by atoms with Crippen LogP contribution in [0.4, 0.5) is 0 Å².